The fourth-order valence-corrected chi connectivity index (χ4v) is 2.65. The molecule has 0 unspecified atom stereocenters. The highest BCUT2D eigenvalue weighted by Gasteiger charge is 2.36. The minimum Gasteiger partial charge on any atom is -0.511 e. The summed E-state index contributed by atoms with van der Waals surface area (Å²) in [6, 6.07) is 3.60. The van der Waals surface area contributed by atoms with Gasteiger partial charge in [-0.2, -0.15) is 0 Å². The number of ketones is 1. The van der Waals surface area contributed by atoms with Crippen LogP contribution in [0.4, 0.5) is 5.69 Å². The molecule has 4 heteroatoms. The molecule has 0 radical (unpaired) electrons. The summed E-state index contributed by atoms with van der Waals surface area (Å²) in [5.41, 5.74) is 1.74. The Morgan fingerprint density at radius 3 is 2.62 bits per heavy atom. The van der Waals surface area contributed by atoms with Gasteiger partial charge in [0, 0.05) is 25.2 Å². The van der Waals surface area contributed by atoms with E-state index >= 15 is 0 Å². The highest BCUT2D eigenvalue weighted by molar-refractivity contribution is 6.25. The Bertz CT molecular complexity index is 586. The van der Waals surface area contributed by atoms with Crippen LogP contribution in [0.25, 0.3) is 0 Å². The standard InChI is InChI=1S/C17H22N2O2/c1-4-5-14(20)16-13(10-17(2,3)11-15(16)21)19-12-6-8-18-9-7-12/h6-9,20H,4-5,10-11H2,1-3H3. The topological polar surface area (TPSA) is 62.5 Å². The highest BCUT2D eigenvalue weighted by Crippen LogP contribution is 2.36. The van der Waals surface area contributed by atoms with E-state index in [9.17, 15) is 9.90 Å². The average Bonchev–Trinajstić information content (AvgIpc) is 2.38. The van der Waals surface area contributed by atoms with Crippen LogP contribution in [-0.4, -0.2) is 21.6 Å². The first-order valence-electron chi connectivity index (χ1n) is 7.36. The first-order valence-corrected chi connectivity index (χ1v) is 7.36. The predicted octanol–water partition coefficient (Wildman–Crippen LogP) is 4.16. The number of aliphatic hydroxyl groups excluding tert-OH is 1. The Morgan fingerprint density at radius 2 is 2.00 bits per heavy atom. The van der Waals surface area contributed by atoms with Gasteiger partial charge in [-0.15, -0.1) is 0 Å². The summed E-state index contributed by atoms with van der Waals surface area (Å²) >= 11 is 0. The SMILES string of the molecule is CCCC(O)=C1C(=O)CC(C)(C)CC1=Nc1ccncc1. The number of allylic oxidation sites excluding steroid dienone is 2. The molecule has 0 aliphatic heterocycles. The van der Waals surface area contributed by atoms with Crippen molar-refractivity contribution in [3.8, 4) is 0 Å². The molecular formula is C17H22N2O2. The number of nitrogens with zero attached hydrogens (tertiary/aromatic N) is 2. The molecule has 0 spiro atoms. The van der Waals surface area contributed by atoms with Crippen molar-refractivity contribution >= 4 is 17.2 Å². The lowest BCUT2D eigenvalue weighted by atomic mass is 9.73. The van der Waals surface area contributed by atoms with E-state index < -0.39 is 0 Å². The van der Waals surface area contributed by atoms with Gasteiger partial charge >= 0.3 is 0 Å². The van der Waals surface area contributed by atoms with Gasteiger partial charge in [-0.05, 0) is 30.4 Å². The van der Waals surface area contributed by atoms with Gasteiger partial charge < -0.3 is 5.11 Å². The molecule has 0 bridgehead atoms. The van der Waals surface area contributed by atoms with E-state index in [1.54, 1.807) is 24.5 Å². The van der Waals surface area contributed by atoms with Gasteiger partial charge in [0.1, 0.15) is 5.76 Å². The molecule has 1 aromatic rings. The maximum Gasteiger partial charge on any atom is 0.168 e. The van der Waals surface area contributed by atoms with Crippen molar-refractivity contribution in [2.75, 3.05) is 0 Å². The quantitative estimate of drug-likeness (QED) is 0.670. The van der Waals surface area contributed by atoms with Crippen molar-refractivity contribution in [1.29, 1.82) is 0 Å². The van der Waals surface area contributed by atoms with Crippen molar-refractivity contribution in [1.82, 2.24) is 4.98 Å². The van der Waals surface area contributed by atoms with Gasteiger partial charge in [-0.1, -0.05) is 20.8 Å². The molecule has 112 valence electrons. The summed E-state index contributed by atoms with van der Waals surface area (Å²) < 4.78 is 0. The third-order valence-corrected chi connectivity index (χ3v) is 3.55. The van der Waals surface area contributed by atoms with Crippen LogP contribution in [0.15, 0.2) is 40.9 Å². The first kappa shape index (κ1) is 15.4. The zero-order valence-corrected chi connectivity index (χ0v) is 12.9. The largest absolute Gasteiger partial charge is 0.511 e. The van der Waals surface area contributed by atoms with Crippen LogP contribution < -0.4 is 0 Å². The molecule has 1 fully saturated rings. The molecule has 1 aliphatic carbocycles. The van der Waals surface area contributed by atoms with Crippen LogP contribution in [0, 0.1) is 5.41 Å². The Labute approximate surface area is 125 Å². The number of carbonyl (C=O) groups is 1. The van der Waals surface area contributed by atoms with Gasteiger partial charge in [0.25, 0.3) is 0 Å². The number of hydrogen-bond acceptors (Lipinski definition) is 4. The van der Waals surface area contributed by atoms with Crippen molar-refractivity contribution < 1.29 is 9.90 Å². The average molecular weight is 286 g/mol. The number of aromatic nitrogens is 1. The van der Waals surface area contributed by atoms with Crippen molar-refractivity contribution in [2.45, 2.75) is 46.5 Å². The maximum atomic E-state index is 12.4. The number of aliphatic hydroxyl groups is 1. The molecule has 0 saturated heterocycles. The Balaban J connectivity index is 2.48. The molecule has 0 atom stereocenters. The molecule has 1 aliphatic rings. The number of rotatable bonds is 3. The summed E-state index contributed by atoms with van der Waals surface area (Å²) in [7, 11) is 0. The number of aliphatic imine (C=N–C) groups is 1. The molecule has 2 rings (SSSR count). The fraction of sp³-hybridized carbons (Fsp3) is 0.471. The summed E-state index contributed by atoms with van der Waals surface area (Å²) in [5.74, 6) is 0.163. The Hall–Kier alpha value is -1.97. The zero-order valence-electron chi connectivity index (χ0n) is 12.9. The van der Waals surface area contributed by atoms with Gasteiger partial charge in [0.05, 0.1) is 17.0 Å². The first-order chi connectivity index (χ1) is 9.93. The molecule has 1 heterocycles. The Kier molecular flexibility index (Phi) is 4.56. The molecule has 1 N–H and O–H groups in total. The summed E-state index contributed by atoms with van der Waals surface area (Å²) in [6.45, 7) is 6.09. The van der Waals surface area contributed by atoms with Gasteiger partial charge in [-0.3, -0.25) is 14.8 Å². The number of Topliss-reactive ketones (excluding diaryl/α,β-unsaturated/α-hetero) is 1. The van der Waals surface area contributed by atoms with Crippen molar-refractivity contribution in [3.63, 3.8) is 0 Å². The van der Waals surface area contributed by atoms with Crippen LogP contribution >= 0.6 is 0 Å². The van der Waals surface area contributed by atoms with E-state index in [1.807, 2.05) is 6.92 Å². The monoisotopic (exact) mass is 286 g/mol. The third-order valence-electron chi connectivity index (χ3n) is 3.55. The van der Waals surface area contributed by atoms with Crippen molar-refractivity contribution in [2.24, 2.45) is 10.4 Å². The fourth-order valence-electron chi connectivity index (χ4n) is 2.65. The summed E-state index contributed by atoms with van der Waals surface area (Å²) in [4.78, 5) is 21.0. The lowest BCUT2D eigenvalue weighted by Gasteiger charge is -2.31. The number of pyridine rings is 1. The second-order valence-corrected chi connectivity index (χ2v) is 6.28. The van der Waals surface area contributed by atoms with E-state index in [1.165, 1.54) is 0 Å². The zero-order chi connectivity index (χ0) is 15.5. The molecule has 4 nitrogen and oxygen atoms in total. The molecule has 0 aromatic carbocycles. The van der Waals surface area contributed by atoms with Crippen LogP contribution in [0.1, 0.15) is 46.5 Å². The summed E-state index contributed by atoms with van der Waals surface area (Å²) in [6.07, 6.45) is 5.79. The lowest BCUT2D eigenvalue weighted by molar-refractivity contribution is -0.117. The predicted molar refractivity (Wildman–Crippen MR) is 83.9 cm³/mol. The third kappa shape index (κ3) is 3.78. The van der Waals surface area contributed by atoms with Gasteiger partial charge in [0.2, 0.25) is 0 Å². The molecular weight excluding hydrogens is 264 g/mol. The number of carbonyl (C=O) groups excluding carboxylic acids is 1. The molecule has 21 heavy (non-hydrogen) atoms. The Morgan fingerprint density at radius 1 is 1.33 bits per heavy atom. The maximum absolute atomic E-state index is 12.4. The van der Waals surface area contributed by atoms with E-state index in [4.69, 9.17) is 0 Å². The molecule has 1 aromatic heterocycles. The van der Waals surface area contributed by atoms with Gasteiger partial charge in [-0.25, -0.2) is 0 Å². The van der Waals surface area contributed by atoms with E-state index in [-0.39, 0.29) is 17.0 Å². The van der Waals surface area contributed by atoms with E-state index in [0.29, 0.717) is 30.5 Å². The number of hydrogen-bond donors (Lipinski definition) is 1. The van der Waals surface area contributed by atoms with Crippen LogP contribution in [0.3, 0.4) is 0 Å². The van der Waals surface area contributed by atoms with E-state index in [0.717, 1.165) is 12.1 Å². The lowest BCUT2D eigenvalue weighted by Crippen LogP contribution is -2.32. The minimum atomic E-state index is -0.126. The normalized spacial score (nSPS) is 22.4. The van der Waals surface area contributed by atoms with Gasteiger partial charge in [0.15, 0.2) is 5.78 Å². The molecule has 0 amide bonds. The van der Waals surface area contributed by atoms with Crippen LogP contribution in [-0.2, 0) is 4.79 Å². The van der Waals surface area contributed by atoms with Crippen LogP contribution in [0.5, 0.6) is 0 Å². The van der Waals surface area contributed by atoms with Crippen LogP contribution in [0.2, 0.25) is 0 Å². The minimum absolute atomic E-state index is 0.00925. The second kappa shape index (κ2) is 6.20. The van der Waals surface area contributed by atoms with E-state index in [2.05, 4.69) is 23.8 Å². The molecule has 1 saturated carbocycles. The van der Waals surface area contributed by atoms with Crippen molar-refractivity contribution in [3.05, 3.63) is 35.9 Å². The highest BCUT2D eigenvalue weighted by atomic mass is 16.3. The smallest absolute Gasteiger partial charge is 0.168 e. The second-order valence-electron chi connectivity index (χ2n) is 6.28. The summed E-state index contributed by atoms with van der Waals surface area (Å²) in [5, 5.41) is 10.2.